The number of para-hydroxylation sites is 1. The maximum Gasteiger partial charge on any atom is 0.321 e. The van der Waals surface area contributed by atoms with Crippen molar-refractivity contribution in [3.63, 3.8) is 0 Å². The first-order chi connectivity index (χ1) is 13.4. The Bertz CT molecular complexity index is 1130. The van der Waals surface area contributed by atoms with Crippen LogP contribution in [0.2, 0.25) is 0 Å². The summed E-state index contributed by atoms with van der Waals surface area (Å²) < 4.78 is 28.6. The first-order valence-corrected chi connectivity index (χ1v) is 9.01. The number of fused-ring (bicyclic) bond motifs is 1. The Morgan fingerprint density at radius 3 is 2.64 bits per heavy atom. The molecule has 144 valence electrons. The van der Waals surface area contributed by atoms with E-state index >= 15 is 0 Å². The quantitative estimate of drug-likeness (QED) is 0.514. The van der Waals surface area contributed by atoms with Gasteiger partial charge in [0.15, 0.2) is 5.16 Å². The number of thioether (sulfide) groups is 1. The lowest BCUT2D eigenvalue weighted by Gasteiger charge is -2.13. The zero-order valence-electron chi connectivity index (χ0n) is 14.5. The van der Waals surface area contributed by atoms with E-state index in [9.17, 15) is 23.2 Å². The number of nitrogens with zero attached hydrogens (tertiary/aromatic N) is 2. The SMILES string of the molecule is CNC(=O)NC(=O)CSc1nc2ccccc2c(=O)n1-c1ccc(F)cc1F. The van der Waals surface area contributed by atoms with Crippen molar-refractivity contribution in [1.82, 2.24) is 20.2 Å². The van der Waals surface area contributed by atoms with Gasteiger partial charge in [-0.2, -0.15) is 0 Å². The molecule has 0 aliphatic heterocycles. The van der Waals surface area contributed by atoms with Crippen LogP contribution in [0.3, 0.4) is 0 Å². The molecule has 0 atom stereocenters. The van der Waals surface area contributed by atoms with Gasteiger partial charge in [-0.15, -0.1) is 0 Å². The zero-order valence-corrected chi connectivity index (χ0v) is 15.3. The maximum atomic E-state index is 14.3. The predicted octanol–water partition coefficient (Wildman–Crippen LogP) is 2.21. The number of halogens is 2. The smallest absolute Gasteiger partial charge is 0.321 e. The molecule has 0 fully saturated rings. The van der Waals surface area contributed by atoms with E-state index in [-0.39, 0.29) is 22.0 Å². The minimum Gasteiger partial charge on any atom is -0.341 e. The maximum absolute atomic E-state index is 14.3. The minimum absolute atomic E-state index is 0.0289. The lowest BCUT2D eigenvalue weighted by molar-refractivity contribution is -0.117. The number of carbonyl (C=O) groups is 2. The summed E-state index contributed by atoms with van der Waals surface area (Å²) in [6.07, 6.45) is 0. The number of hydrogen-bond donors (Lipinski definition) is 2. The van der Waals surface area contributed by atoms with Gasteiger partial charge in [0.25, 0.3) is 5.56 Å². The van der Waals surface area contributed by atoms with Crippen LogP contribution in [0.5, 0.6) is 0 Å². The third-order valence-electron chi connectivity index (χ3n) is 3.71. The van der Waals surface area contributed by atoms with Crippen molar-refractivity contribution in [3.05, 3.63) is 64.5 Å². The summed E-state index contributed by atoms with van der Waals surface area (Å²) >= 11 is 0.844. The number of hydrogen-bond acceptors (Lipinski definition) is 5. The highest BCUT2D eigenvalue weighted by atomic mass is 32.2. The molecule has 3 rings (SSSR count). The number of nitrogens with one attached hydrogen (secondary N) is 2. The summed E-state index contributed by atoms with van der Waals surface area (Å²) in [5.74, 6) is -2.61. The van der Waals surface area contributed by atoms with Crippen molar-refractivity contribution >= 4 is 34.6 Å². The van der Waals surface area contributed by atoms with E-state index < -0.39 is 29.1 Å². The molecule has 28 heavy (non-hydrogen) atoms. The van der Waals surface area contributed by atoms with Gasteiger partial charge in [0.2, 0.25) is 5.91 Å². The van der Waals surface area contributed by atoms with E-state index in [1.165, 1.54) is 13.1 Å². The monoisotopic (exact) mass is 404 g/mol. The molecule has 0 aliphatic carbocycles. The van der Waals surface area contributed by atoms with Crippen molar-refractivity contribution in [2.75, 3.05) is 12.8 Å². The molecule has 2 aromatic carbocycles. The zero-order chi connectivity index (χ0) is 20.3. The molecular weight excluding hydrogens is 390 g/mol. The van der Waals surface area contributed by atoms with E-state index in [4.69, 9.17) is 0 Å². The van der Waals surface area contributed by atoms with Crippen molar-refractivity contribution in [2.24, 2.45) is 0 Å². The fourth-order valence-corrected chi connectivity index (χ4v) is 3.25. The molecule has 0 spiro atoms. The fraction of sp³-hybridized carbons (Fsp3) is 0.111. The predicted molar refractivity (Wildman–Crippen MR) is 101 cm³/mol. The second-order valence-electron chi connectivity index (χ2n) is 5.56. The Morgan fingerprint density at radius 2 is 1.93 bits per heavy atom. The number of rotatable bonds is 4. The Hall–Kier alpha value is -3.27. The highest BCUT2D eigenvalue weighted by Crippen LogP contribution is 2.23. The van der Waals surface area contributed by atoms with E-state index in [1.54, 1.807) is 18.2 Å². The number of aromatic nitrogens is 2. The largest absolute Gasteiger partial charge is 0.341 e. The summed E-state index contributed by atoms with van der Waals surface area (Å²) in [7, 11) is 1.36. The standard InChI is InChI=1S/C18H14F2N4O3S/c1-21-17(27)23-15(25)9-28-18-22-13-5-3-2-4-11(13)16(26)24(18)14-7-6-10(19)8-12(14)20/h2-8H,9H2,1H3,(H2,21,23,25,27). The van der Waals surface area contributed by atoms with Crippen LogP contribution in [0, 0.1) is 11.6 Å². The van der Waals surface area contributed by atoms with Crippen LogP contribution in [0.4, 0.5) is 13.6 Å². The van der Waals surface area contributed by atoms with Crippen LogP contribution in [0.1, 0.15) is 0 Å². The molecule has 3 amide bonds. The first-order valence-electron chi connectivity index (χ1n) is 8.02. The van der Waals surface area contributed by atoms with Gasteiger partial charge in [0, 0.05) is 13.1 Å². The molecule has 0 aliphatic rings. The molecule has 0 unspecified atom stereocenters. The molecule has 7 nitrogen and oxygen atoms in total. The van der Waals surface area contributed by atoms with E-state index in [1.807, 2.05) is 0 Å². The van der Waals surface area contributed by atoms with Gasteiger partial charge in [-0.05, 0) is 24.3 Å². The van der Waals surface area contributed by atoms with Crippen LogP contribution >= 0.6 is 11.8 Å². The summed E-state index contributed by atoms with van der Waals surface area (Å²) in [5, 5.41) is 4.59. The summed E-state index contributed by atoms with van der Waals surface area (Å²) in [4.78, 5) is 40.4. The van der Waals surface area contributed by atoms with Crippen LogP contribution < -0.4 is 16.2 Å². The lowest BCUT2D eigenvalue weighted by atomic mass is 10.2. The van der Waals surface area contributed by atoms with Gasteiger partial charge in [-0.1, -0.05) is 23.9 Å². The van der Waals surface area contributed by atoms with Gasteiger partial charge in [0.1, 0.15) is 11.6 Å². The van der Waals surface area contributed by atoms with E-state index in [0.29, 0.717) is 11.6 Å². The Balaban J connectivity index is 2.08. The number of imide groups is 1. The molecule has 2 N–H and O–H groups in total. The van der Waals surface area contributed by atoms with Gasteiger partial charge in [0.05, 0.1) is 22.3 Å². The fourth-order valence-electron chi connectivity index (χ4n) is 2.44. The molecule has 1 heterocycles. The highest BCUT2D eigenvalue weighted by molar-refractivity contribution is 7.99. The second-order valence-corrected chi connectivity index (χ2v) is 6.51. The third kappa shape index (κ3) is 4.01. The molecule has 3 aromatic rings. The molecule has 10 heteroatoms. The average Bonchev–Trinajstić information content (AvgIpc) is 2.67. The molecule has 0 radical (unpaired) electrons. The van der Waals surface area contributed by atoms with Crippen LogP contribution in [0.25, 0.3) is 16.6 Å². The molecule has 0 saturated carbocycles. The van der Waals surface area contributed by atoms with Crippen LogP contribution in [0.15, 0.2) is 52.4 Å². The summed E-state index contributed by atoms with van der Waals surface area (Å²) in [6, 6.07) is 8.59. The third-order valence-corrected chi connectivity index (χ3v) is 4.65. The van der Waals surface area contributed by atoms with Gasteiger partial charge in [-0.25, -0.2) is 18.6 Å². The number of carbonyl (C=O) groups excluding carboxylic acids is 2. The first kappa shape index (κ1) is 19.5. The highest BCUT2D eigenvalue weighted by Gasteiger charge is 2.18. The van der Waals surface area contributed by atoms with Crippen molar-refractivity contribution in [3.8, 4) is 5.69 Å². The molecule has 0 saturated heterocycles. The Kier molecular flexibility index (Phi) is 5.69. The van der Waals surface area contributed by atoms with Crippen LogP contribution in [-0.4, -0.2) is 34.3 Å². The molecule has 1 aromatic heterocycles. The van der Waals surface area contributed by atoms with Crippen LogP contribution in [-0.2, 0) is 4.79 Å². The van der Waals surface area contributed by atoms with Crippen molar-refractivity contribution < 1.29 is 18.4 Å². The topological polar surface area (TPSA) is 93.1 Å². The van der Waals surface area contributed by atoms with E-state index in [2.05, 4.69) is 15.6 Å². The van der Waals surface area contributed by atoms with Gasteiger partial charge >= 0.3 is 6.03 Å². The molecular formula is C18H14F2N4O3S. The van der Waals surface area contributed by atoms with Crippen molar-refractivity contribution in [1.29, 1.82) is 0 Å². The summed E-state index contributed by atoms with van der Waals surface area (Å²) in [5.41, 5.74) is -0.398. The number of urea groups is 1. The lowest BCUT2D eigenvalue weighted by Crippen LogP contribution is -2.38. The number of benzene rings is 2. The van der Waals surface area contributed by atoms with E-state index in [0.717, 1.165) is 28.5 Å². The normalized spacial score (nSPS) is 10.7. The Labute approximate surface area is 161 Å². The second kappa shape index (κ2) is 8.17. The average molecular weight is 404 g/mol. The molecule has 0 bridgehead atoms. The minimum atomic E-state index is -0.948. The Morgan fingerprint density at radius 1 is 1.18 bits per heavy atom. The van der Waals surface area contributed by atoms with Gasteiger partial charge < -0.3 is 5.32 Å². The number of amides is 3. The van der Waals surface area contributed by atoms with Crippen molar-refractivity contribution in [2.45, 2.75) is 5.16 Å². The summed E-state index contributed by atoms with van der Waals surface area (Å²) in [6.45, 7) is 0. The van der Waals surface area contributed by atoms with Gasteiger partial charge in [-0.3, -0.25) is 19.5 Å².